The molecule has 0 radical (unpaired) electrons. The van der Waals surface area contributed by atoms with Crippen LogP contribution in [0.25, 0.3) is 10.7 Å². The molecule has 4 rings (SSSR count). The smallest absolute Gasteiger partial charge is 0.266 e. The first-order chi connectivity index (χ1) is 12.1. The minimum atomic E-state index is 0.0406. The maximum absolute atomic E-state index is 13.1. The van der Waals surface area contributed by atoms with Crippen molar-refractivity contribution in [3.8, 4) is 10.7 Å². The van der Waals surface area contributed by atoms with Crippen LogP contribution in [-0.4, -0.2) is 27.8 Å². The minimum absolute atomic E-state index is 0.0406. The summed E-state index contributed by atoms with van der Waals surface area (Å²) >= 11 is 1.42. The molecular weight excluding hydrogens is 330 g/mol. The molecule has 0 saturated carbocycles. The molecule has 0 fully saturated rings. The Labute approximate surface area is 151 Å². The van der Waals surface area contributed by atoms with E-state index in [1.165, 1.54) is 22.5 Å². The number of carbonyl (C=O) groups is 1. The van der Waals surface area contributed by atoms with E-state index in [-0.39, 0.29) is 11.9 Å². The van der Waals surface area contributed by atoms with E-state index >= 15 is 0 Å². The minimum Gasteiger partial charge on any atom is -0.334 e. The number of thiazole rings is 1. The van der Waals surface area contributed by atoms with Crippen molar-refractivity contribution in [2.45, 2.75) is 25.8 Å². The van der Waals surface area contributed by atoms with Gasteiger partial charge in [-0.05, 0) is 43.0 Å². The Kier molecular flexibility index (Phi) is 4.09. The molecule has 25 heavy (non-hydrogen) atoms. The SMILES string of the molecule is Cc1nc(-c2ccccn2)sc1C(=O)N(C)[C@@H]1CCc2ccccc21. The fraction of sp³-hybridized carbons (Fsp3) is 0.250. The van der Waals surface area contributed by atoms with Gasteiger partial charge in [-0.15, -0.1) is 11.3 Å². The number of hydrogen-bond donors (Lipinski definition) is 0. The molecule has 4 nitrogen and oxygen atoms in total. The van der Waals surface area contributed by atoms with Gasteiger partial charge in [-0.1, -0.05) is 30.3 Å². The number of amides is 1. The number of hydrogen-bond acceptors (Lipinski definition) is 4. The maximum atomic E-state index is 13.1. The Bertz CT molecular complexity index is 920. The summed E-state index contributed by atoms with van der Waals surface area (Å²) in [6.07, 6.45) is 3.75. The molecule has 126 valence electrons. The topological polar surface area (TPSA) is 46.1 Å². The number of nitrogens with zero attached hydrogens (tertiary/aromatic N) is 3. The van der Waals surface area contributed by atoms with Gasteiger partial charge < -0.3 is 4.90 Å². The van der Waals surface area contributed by atoms with Crippen LogP contribution in [0.15, 0.2) is 48.7 Å². The fourth-order valence-electron chi connectivity index (χ4n) is 3.43. The molecule has 0 bridgehead atoms. The second kappa shape index (κ2) is 6.41. The van der Waals surface area contributed by atoms with E-state index in [0.717, 1.165) is 29.2 Å². The second-order valence-corrected chi connectivity index (χ2v) is 7.32. The average molecular weight is 349 g/mol. The number of aryl methyl sites for hydroxylation is 2. The fourth-order valence-corrected chi connectivity index (χ4v) is 4.46. The van der Waals surface area contributed by atoms with Crippen molar-refractivity contribution in [2.24, 2.45) is 0 Å². The summed E-state index contributed by atoms with van der Waals surface area (Å²) in [5.74, 6) is 0.0406. The van der Waals surface area contributed by atoms with Gasteiger partial charge in [0.15, 0.2) is 0 Å². The molecule has 2 heterocycles. The molecule has 1 aliphatic rings. The maximum Gasteiger partial charge on any atom is 0.266 e. The molecule has 0 saturated heterocycles. The van der Waals surface area contributed by atoms with Crippen LogP contribution < -0.4 is 0 Å². The van der Waals surface area contributed by atoms with Gasteiger partial charge in [0.25, 0.3) is 5.91 Å². The lowest BCUT2D eigenvalue weighted by atomic mass is 10.1. The van der Waals surface area contributed by atoms with Crippen LogP contribution in [0, 0.1) is 6.92 Å². The molecule has 3 aromatic rings. The number of benzene rings is 1. The van der Waals surface area contributed by atoms with E-state index < -0.39 is 0 Å². The molecule has 1 atom stereocenters. The van der Waals surface area contributed by atoms with E-state index in [9.17, 15) is 4.79 Å². The Morgan fingerprint density at radius 1 is 1.20 bits per heavy atom. The normalized spacial score (nSPS) is 15.8. The highest BCUT2D eigenvalue weighted by Gasteiger charge is 2.30. The third kappa shape index (κ3) is 2.85. The van der Waals surface area contributed by atoms with E-state index in [0.29, 0.717) is 4.88 Å². The molecule has 0 spiro atoms. The Morgan fingerprint density at radius 3 is 2.80 bits per heavy atom. The zero-order valence-corrected chi connectivity index (χ0v) is 15.1. The Balaban J connectivity index is 1.62. The van der Waals surface area contributed by atoms with Crippen molar-refractivity contribution < 1.29 is 4.79 Å². The van der Waals surface area contributed by atoms with Gasteiger partial charge in [-0.25, -0.2) is 4.98 Å². The van der Waals surface area contributed by atoms with Crippen LogP contribution >= 0.6 is 11.3 Å². The van der Waals surface area contributed by atoms with E-state index in [1.807, 2.05) is 43.1 Å². The number of rotatable bonds is 3. The van der Waals surface area contributed by atoms with Crippen LogP contribution in [0.1, 0.15) is 39.0 Å². The van der Waals surface area contributed by atoms with Crippen molar-refractivity contribution in [1.82, 2.24) is 14.9 Å². The first-order valence-electron chi connectivity index (χ1n) is 8.39. The monoisotopic (exact) mass is 349 g/mol. The lowest BCUT2D eigenvalue weighted by Crippen LogP contribution is -2.30. The summed E-state index contributed by atoms with van der Waals surface area (Å²) in [5.41, 5.74) is 4.20. The largest absolute Gasteiger partial charge is 0.334 e. The second-order valence-electron chi connectivity index (χ2n) is 6.32. The predicted octanol–water partition coefficient (Wildman–Crippen LogP) is 4.27. The van der Waals surface area contributed by atoms with E-state index in [4.69, 9.17) is 0 Å². The summed E-state index contributed by atoms with van der Waals surface area (Å²) in [4.78, 5) is 24.6. The summed E-state index contributed by atoms with van der Waals surface area (Å²) in [7, 11) is 1.90. The average Bonchev–Trinajstić information content (AvgIpc) is 3.25. The van der Waals surface area contributed by atoms with Crippen molar-refractivity contribution in [1.29, 1.82) is 0 Å². The van der Waals surface area contributed by atoms with Crippen molar-refractivity contribution >= 4 is 17.2 Å². The van der Waals surface area contributed by atoms with Gasteiger partial charge >= 0.3 is 0 Å². The molecule has 0 N–H and O–H groups in total. The van der Waals surface area contributed by atoms with Crippen LogP contribution in [0.3, 0.4) is 0 Å². The quantitative estimate of drug-likeness (QED) is 0.709. The summed E-state index contributed by atoms with van der Waals surface area (Å²) in [5, 5.41) is 0.793. The first-order valence-corrected chi connectivity index (χ1v) is 9.20. The standard InChI is InChI=1S/C20H19N3OS/c1-13-18(25-19(22-13)16-9-5-6-12-21-16)20(24)23(2)17-11-10-14-7-3-4-8-15(14)17/h3-9,12,17H,10-11H2,1-2H3/t17-/m1/s1. The molecule has 1 aliphatic carbocycles. The third-order valence-corrected chi connectivity index (χ3v) is 5.93. The summed E-state index contributed by atoms with van der Waals surface area (Å²) in [6.45, 7) is 1.90. The lowest BCUT2D eigenvalue weighted by molar-refractivity contribution is 0.0734. The highest BCUT2D eigenvalue weighted by molar-refractivity contribution is 7.17. The summed E-state index contributed by atoms with van der Waals surface area (Å²) < 4.78 is 0. The molecule has 1 aromatic carbocycles. The molecule has 1 amide bonds. The highest BCUT2D eigenvalue weighted by Crippen LogP contribution is 2.36. The molecule has 0 unspecified atom stereocenters. The van der Waals surface area contributed by atoms with E-state index in [2.05, 4.69) is 28.2 Å². The summed E-state index contributed by atoms with van der Waals surface area (Å²) in [6, 6.07) is 14.3. The van der Waals surface area contributed by atoms with Gasteiger partial charge in [0.05, 0.1) is 17.4 Å². The molecule has 0 aliphatic heterocycles. The zero-order valence-electron chi connectivity index (χ0n) is 14.3. The Hall–Kier alpha value is -2.53. The van der Waals surface area contributed by atoms with Crippen LogP contribution in [0.2, 0.25) is 0 Å². The highest BCUT2D eigenvalue weighted by atomic mass is 32.1. The van der Waals surface area contributed by atoms with Crippen molar-refractivity contribution in [3.63, 3.8) is 0 Å². The number of fused-ring (bicyclic) bond motifs is 1. The van der Waals surface area contributed by atoms with Crippen molar-refractivity contribution in [3.05, 3.63) is 70.4 Å². The number of aromatic nitrogens is 2. The molecule has 2 aromatic heterocycles. The van der Waals surface area contributed by atoms with Gasteiger partial charge in [-0.3, -0.25) is 9.78 Å². The lowest BCUT2D eigenvalue weighted by Gasteiger charge is -2.25. The van der Waals surface area contributed by atoms with E-state index in [1.54, 1.807) is 6.20 Å². The molecular formula is C20H19N3OS. The number of pyridine rings is 1. The van der Waals surface area contributed by atoms with Crippen LogP contribution in [-0.2, 0) is 6.42 Å². The van der Waals surface area contributed by atoms with Gasteiger partial charge in [0.1, 0.15) is 9.88 Å². The zero-order chi connectivity index (χ0) is 17.4. The van der Waals surface area contributed by atoms with Gasteiger partial charge in [0, 0.05) is 13.2 Å². The predicted molar refractivity (Wildman–Crippen MR) is 99.7 cm³/mol. The van der Waals surface area contributed by atoms with Crippen LogP contribution in [0.5, 0.6) is 0 Å². The van der Waals surface area contributed by atoms with Gasteiger partial charge in [-0.2, -0.15) is 0 Å². The first kappa shape index (κ1) is 16.0. The van der Waals surface area contributed by atoms with Crippen molar-refractivity contribution in [2.75, 3.05) is 7.05 Å². The molecule has 5 heteroatoms. The Morgan fingerprint density at radius 2 is 2.00 bits per heavy atom. The third-order valence-electron chi connectivity index (χ3n) is 4.76. The number of carbonyl (C=O) groups excluding carboxylic acids is 1. The van der Waals surface area contributed by atoms with Crippen LogP contribution in [0.4, 0.5) is 0 Å². The van der Waals surface area contributed by atoms with Gasteiger partial charge in [0.2, 0.25) is 0 Å².